The van der Waals surface area contributed by atoms with Crippen LogP contribution in [0.15, 0.2) is 0 Å². The van der Waals surface area contributed by atoms with E-state index in [0.717, 1.165) is 18.4 Å². The van der Waals surface area contributed by atoms with Crippen LogP contribution in [0.1, 0.15) is 117 Å². The van der Waals surface area contributed by atoms with Gasteiger partial charge in [-0.3, -0.25) is 0 Å². The molecule has 0 aliphatic rings. The summed E-state index contributed by atoms with van der Waals surface area (Å²) in [6, 6.07) is 0. The fourth-order valence-electron chi connectivity index (χ4n) is 2.95. The first-order chi connectivity index (χ1) is 11.8. The summed E-state index contributed by atoms with van der Waals surface area (Å²) in [5.74, 6) is 0. The summed E-state index contributed by atoms with van der Waals surface area (Å²) in [7, 11) is 0. The van der Waals surface area contributed by atoms with Crippen molar-refractivity contribution < 1.29 is 9.78 Å². The highest BCUT2D eigenvalue weighted by Crippen LogP contribution is 2.16. The molecule has 146 valence electrons. The van der Waals surface area contributed by atoms with Gasteiger partial charge in [-0.05, 0) is 25.7 Å². The number of rotatable bonds is 20. The van der Waals surface area contributed by atoms with Crippen LogP contribution in [0.2, 0.25) is 0 Å². The van der Waals surface area contributed by atoms with Crippen molar-refractivity contribution in [1.82, 2.24) is 0 Å². The zero-order chi connectivity index (χ0) is 17.7. The van der Waals surface area contributed by atoms with Gasteiger partial charge in [0.2, 0.25) is 0 Å². The van der Waals surface area contributed by atoms with E-state index in [-0.39, 0.29) is 0 Å². The molecule has 0 bridgehead atoms. The molecule has 0 aromatic heterocycles. The van der Waals surface area contributed by atoms with Crippen molar-refractivity contribution >= 4 is 15.9 Å². The van der Waals surface area contributed by atoms with Crippen molar-refractivity contribution in [2.45, 2.75) is 123 Å². The lowest BCUT2D eigenvalue weighted by molar-refractivity contribution is -0.327. The minimum atomic E-state index is 0.315. The summed E-state index contributed by atoms with van der Waals surface area (Å²) >= 11 is 3.47. The number of hydrogen-bond acceptors (Lipinski definition) is 2. The first kappa shape index (κ1) is 24.4. The number of halogens is 1. The molecule has 0 amide bonds. The minimum Gasteiger partial charge on any atom is -0.236 e. The molecule has 0 aromatic rings. The molecule has 0 aromatic carbocycles. The van der Waals surface area contributed by atoms with Crippen LogP contribution in [0.4, 0.5) is 0 Å². The summed E-state index contributed by atoms with van der Waals surface area (Å²) in [5, 5.41) is 1.11. The normalized spacial score (nSPS) is 12.6. The molecule has 1 atom stereocenters. The molecular weight excluding hydrogens is 364 g/mol. The molecule has 0 rings (SSSR count). The predicted molar refractivity (Wildman–Crippen MR) is 110 cm³/mol. The van der Waals surface area contributed by atoms with Gasteiger partial charge in [0.05, 0.1) is 12.7 Å². The van der Waals surface area contributed by atoms with Crippen LogP contribution >= 0.6 is 15.9 Å². The van der Waals surface area contributed by atoms with Gasteiger partial charge in [-0.25, -0.2) is 9.78 Å². The number of hydrogen-bond donors (Lipinski definition) is 0. The highest BCUT2D eigenvalue weighted by molar-refractivity contribution is 9.09. The van der Waals surface area contributed by atoms with E-state index in [1.54, 1.807) is 0 Å². The summed E-state index contributed by atoms with van der Waals surface area (Å²) in [5.41, 5.74) is 0. The van der Waals surface area contributed by atoms with Crippen molar-refractivity contribution in [2.24, 2.45) is 0 Å². The molecule has 0 spiro atoms. The summed E-state index contributed by atoms with van der Waals surface area (Å²) in [6.45, 7) is 5.30. The SMILES string of the molecule is CCCCCCCCC(CCCCCC)OOCCCCCCBr. The minimum absolute atomic E-state index is 0.315. The van der Waals surface area contributed by atoms with Crippen LogP contribution in [-0.2, 0) is 9.78 Å². The van der Waals surface area contributed by atoms with Gasteiger partial charge in [-0.15, -0.1) is 0 Å². The molecule has 3 heteroatoms. The highest BCUT2D eigenvalue weighted by atomic mass is 79.9. The topological polar surface area (TPSA) is 18.5 Å². The fourth-order valence-corrected chi connectivity index (χ4v) is 3.34. The molecule has 2 nitrogen and oxygen atoms in total. The Morgan fingerprint density at radius 3 is 1.75 bits per heavy atom. The van der Waals surface area contributed by atoms with Crippen molar-refractivity contribution in [3.05, 3.63) is 0 Å². The van der Waals surface area contributed by atoms with Crippen LogP contribution in [0.3, 0.4) is 0 Å². The Morgan fingerprint density at radius 2 is 1.12 bits per heavy atom. The molecule has 0 aliphatic heterocycles. The Morgan fingerprint density at radius 1 is 0.625 bits per heavy atom. The zero-order valence-electron chi connectivity index (χ0n) is 16.5. The monoisotopic (exact) mass is 406 g/mol. The Balaban J connectivity index is 3.70. The second-order valence-electron chi connectivity index (χ2n) is 7.05. The van der Waals surface area contributed by atoms with Crippen molar-refractivity contribution in [3.63, 3.8) is 0 Å². The van der Waals surface area contributed by atoms with Crippen LogP contribution in [0.25, 0.3) is 0 Å². The zero-order valence-corrected chi connectivity index (χ0v) is 18.1. The molecule has 0 saturated carbocycles. The molecule has 0 saturated heterocycles. The Kier molecular flexibility index (Phi) is 21.8. The lowest BCUT2D eigenvalue weighted by Crippen LogP contribution is -2.14. The second kappa shape index (κ2) is 21.4. The van der Waals surface area contributed by atoms with Gasteiger partial charge >= 0.3 is 0 Å². The van der Waals surface area contributed by atoms with E-state index >= 15 is 0 Å². The molecule has 0 heterocycles. The van der Waals surface area contributed by atoms with Gasteiger partial charge < -0.3 is 0 Å². The van der Waals surface area contributed by atoms with Gasteiger partial charge in [0.25, 0.3) is 0 Å². The van der Waals surface area contributed by atoms with Gasteiger partial charge in [-0.1, -0.05) is 107 Å². The maximum Gasteiger partial charge on any atom is 0.0930 e. The molecule has 0 radical (unpaired) electrons. The largest absolute Gasteiger partial charge is 0.236 e. The Bertz CT molecular complexity index is 224. The van der Waals surface area contributed by atoms with Crippen LogP contribution < -0.4 is 0 Å². The predicted octanol–water partition coefficient (Wildman–Crippen LogP) is 7.98. The van der Waals surface area contributed by atoms with Gasteiger partial charge in [-0.2, -0.15) is 0 Å². The van der Waals surface area contributed by atoms with Gasteiger partial charge in [0.1, 0.15) is 0 Å². The number of unbranched alkanes of at least 4 members (excludes halogenated alkanes) is 11. The average Bonchev–Trinajstić information content (AvgIpc) is 2.60. The molecular formula is C21H43BrO2. The molecule has 0 N–H and O–H groups in total. The lowest BCUT2D eigenvalue weighted by atomic mass is 10.0. The third-order valence-corrected chi connectivity index (χ3v) is 5.14. The van der Waals surface area contributed by atoms with E-state index in [1.807, 2.05) is 0 Å². The van der Waals surface area contributed by atoms with Crippen molar-refractivity contribution in [3.8, 4) is 0 Å². The van der Waals surface area contributed by atoms with Crippen LogP contribution in [-0.4, -0.2) is 18.0 Å². The Hall–Kier alpha value is 0.400. The third-order valence-electron chi connectivity index (χ3n) is 4.57. The average molecular weight is 407 g/mol. The fraction of sp³-hybridized carbons (Fsp3) is 1.00. The highest BCUT2D eigenvalue weighted by Gasteiger charge is 2.10. The second-order valence-corrected chi connectivity index (χ2v) is 7.84. The summed E-state index contributed by atoms with van der Waals surface area (Å²) in [4.78, 5) is 11.3. The van der Waals surface area contributed by atoms with E-state index < -0.39 is 0 Å². The summed E-state index contributed by atoms with van der Waals surface area (Å²) < 4.78 is 0. The van der Waals surface area contributed by atoms with Gasteiger partial charge in [0, 0.05) is 5.33 Å². The van der Waals surface area contributed by atoms with E-state index in [9.17, 15) is 0 Å². The first-order valence-corrected chi connectivity index (χ1v) is 11.8. The van der Waals surface area contributed by atoms with Crippen molar-refractivity contribution in [2.75, 3.05) is 11.9 Å². The molecule has 1 unspecified atom stereocenters. The molecule has 0 aliphatic carbocycles. The molecule has 0 fully saturated rings. The maximum absolute atomic E-state index is 5.75. The lowest BCUT2D eigenvalue weighted by Gasteiger charge is -2.16. The van der Waals surface area contributed by atoms with E-state index in [0.29, 0.717) is 6.10 Å². The Labute approximate surface area is 160 Å². The smallest absolute Gasteiger partial charge is 0.0930 e. The van der Waals surface area contributed by atoms with Crippen LogP contribution in [0.5, 0.6) is 0 Å². The third kappa shape index (κ3) is 18.7. The quantitative estimate of drug-likeness (QED) is 0.0881. The maximum atomic E-state index is 5.75. The standard InChI is InChI=1S/C21H43BrO2/c1-3-5-7-9-10-14-18-21(17-13-8-6-4-2)24-23-20-16-12-11-15-19-22/h21H,3-20H2,1-2H3. The first-order valence-electron chi connectivity index (χ1n) is 10.7. The van der Waals surface area contributed by atoms with Crippen LogP contribution in [0, 0.1) is 0 Å². The molecule has 24 heavy (non-hydrogen) atoms. The van der Waals surface area contributed by atoms with Crippen molar-refractivity contribution in [1.29, 1.82) is 0 Å². The van der Waals surface area contributed by atoms with E-state index in [2.05, 4.69) is 29.8 Å². The number of alkyl halides is 1. The summed E-state index contributed by atoms with van der Waals surface area (Å²) in [6.07, 6.45) is 20.9. The van der Waals surface area contributed by atoms with E-state index in [4.69, 9.17) is 9.78 Å². The van der Waals surface area contributed by atoms with Gasteiger partial charge in [0.15, 0.2) is 0 Å². The van der Waals surface area contributed by atoms with E-state index in [1.165, 1.54) is 96.3 Å².